The molecule has 0 unspecified atom stereocenters. The van der Waals surface area contributed by atoms with Gasteiger partial charge in [0.1, 0.15) is 11.4 Å². The lowest BCUT2D eigenvalue weighted by atomic mass is 10.0. The van der Waals surface area contributed by atoms with Gasteiger partial charge in [-0.1, -0.05) is 17.7 Å². The molecule has 0 radical (unpaired) electrons. The van der Waals surface area contributed by atoms with Gasteiger partial charge in [0.15, 0.2) is 0 Å². The van der Waals surface area contributed by atoms with Crippen LogP contribution in [0, 0.1) is 6.92 Å². The number of hydrogen-bond donors (Lipinski definition) is 1. The standard InChI is InChI=1S/C16H16ClNO3/c1-3-21-16(20)14-6-4-5-13(18-14)9-11-8-12(17)7-10(2)15(11)19/h4-8,19H,3,9H2,1-2H3. The summed E-state index contributed by atoms with van der Waals surface area (Å²) in [5.74, 6) is -0.256. The second-order valence-electron chi connectivity index (χ2n) is 4.64. The summed E-state index contributed by atoms with van der Waals surface area (Å²) in [7, 11) is 0. The molecule has 0 atom stereocenters. The highest BCUT2D eigenvalue weighted by atomic mass is 35.5. The van der Waals surface area contributed by atoms with E-state index < -0.39 is 5.97 Å². The fourth-order valence-corrected chi connectivity index (χ4v) is 2.33. The van der Waals surface area contributed by atoms with Gasteiger partial charge >= 0.3 is 5.97 Å². The zero-order valence-electron chi connectivity index (χ0n) is 11.9. The molecule has 0 saturated carbocycles. The van der Waals surface area contributed by atoms with E-state index in [-0.39, 0.29) is 11.4 Å². The zero-order valence-corrected chi connectivity index (χ0v) is 12.6. The molecule has 1 aromatic heterocycles. The quantitative estimate of drug-likeness (QED) is 0.878. The molecular weight excluding hydrogens is 290 g/mol. The van der Waals surface area contributed by atoms with Crippen molar-refractivity contribution in [2.45, 2.75) is 20.3 Å². The van der Waals surface area contributed by atoms with Crippen LogP contribution in [0.15, 0.2) is 30.3 Å². The molecule has 0 aliphatic carbocycles. The van der Waals surface area contributed by atoms with Crippen molar-refractivity contribution >= 4 is 17.6 Å². The molecule has 1 N–H and O–H groups in total. The number of nitrogens with zero attached hydrogens (tertiary/aromatic N) is 1. The molecule has 21 heavy (non-hydrogen) atoms. The smallest absolute Gasteiger partial charge is 0.356 e. The molecule has 4 nitrogen and oxygen atoms in total. The monoisotopic (exact) mass is 305 g/mol. The fourth-order valence-electron chi connectivity index (χ4n) is 2.03. The van der Waals surface area contributed by atoms with Crippen LogP contribution in [0.5, 0.6) is 5.75 Å². The molecule has 0 aliphatic heterocycles. The van der Waals surface area contributed by atoms with Crippen LogP contribution in [0.4, 0.5) is 0 Å². The third-order valence-electron chi connectivity index (χ3n) is 3.01. The van der Waals surface area contributed by atoms with Crippen molar-refractivity contribution in [3.8, 4) is 5.75 Å². The summed E-state index contributed by atoms with van der Waals surface area (Å²) in [6.07, 6.45) is 0.389. The first-order valence-corrected chi connectivity index (χ1v) is 7.00. The predicted octanol–water partition coefficient (Wildman–Crippen LogP) is 3.52. The number of carbonyl (C=O) groups is 1. The maximum atomic E-state index is 11.7. The van der Waals surface area contributed by atoms with Crippen LogP contribution in [0.25, 0.3) is 0 Å². The van der Waals surface area contributed by atoms with E-state index in [2.05, 4.69) is 4.98 Å². The number of esters is 1. The summed E-state index contributed by atoms with van der Waals surface area (Å²) >= 11 is 6.01. The number of aromatic nitrogens is 1. The van der Waals surface area contributed by atoms with Gasteiger partial charge in [0, 0.05) is 22.7 Å². The van der Waals surface area contributed by atoms with E-state index in [0.717, 1.165) is 0 Å². The van der Waals surface area contributed by atoms with E-state index in [9.17, 15) is 9.90 Å². The van der Waals surface area contributed by atoms with E-state index in [1.165, 1.54) is 0 Å². The highest BCUT2D eigenvalue weighted by molar-refractivity contribution is 6.30. The van der Waals surface area contributed by atoms with Crippen molar-refractivity contribution in [2.24, 2.45) is 0 Å². The maximum Gasteiger partial charge on any atom is 0.356 e. The Labute approximate surface area is 128 Å². The van der Waals surface area contributed by atoms with Crippen molar-refractivity contribution in [3.63, 3.8) is 0 Å². The van der Waals surface area contributed by atoms with Gasteiger partial charge in [-0.15, -0.1) is 0 Å². The molecule has 0 amide bonds. The molecule has 110 valence electrons. The number of phenolic OH excluding ortho intramolecular Hbond substituents is 1. The van der Waals surface area contributed by atoms with Crippen molar-refractivity contribution in [2.75, 3.05) is 6.61 Å². The average molecular weight is 306 g/mol. The van der Waals surface area contributed by atoms with E-state index in [1.54, 1.807) is 44.2 Å². The van der Waals surface area contributed by atoms with Gasteiger partial charge in [-0.2, -0.15) is 0 Å². The first-order chi connectivity index (χ1) is 10.0. The lowest BCUT2D eigenvalue weighted by Crippen LogP contribution is -2.08. The summed E-state index contributed by atoms with van der Waals surface area (Å²) in [6.45, 7) is 3.83. The number of pyridine rings is 1. The number of carbonyl (C=O) groups excluding carboxylic acids is 1. The number of aryl methyl sites for hydroxylation is 1. The molecule has 0 spiro atoms. The number of rotatable bonds is 4. The summed E-state index contributed by atoms with van der Waals surface area (Å²) in [4.78, 5) is 15.9. The topological polar surface area (TPSA) is 59.4 Å². The lowest BCUT2D eigenvalue weighted by molar-refractivity contribution is 0.0519. The highest BCUT2D eigenvalue weighted by Crippen LogP contribution is 2.28. The number of ether oxygens (including phenoxy) is 1. The van der Waals surface area contributed by atoms with E-state index in [4.69, 9.17) is 16.3 Å². The number of halogens is 1. The summed E-state index contributed by atoms with van der Waals surface area (Å²) in [6, 6.07) is 8.53. The molecule has 0 aliphatic rings. The van der Waals surface area contributed by atoms with Crippen molar-refractivity contribution in [1.82, 2.24) is 4.98 Å². The van der Waals surface area contributed by atoms with Crippen LogP contribution in [0.3, 0.4) is 0 Å². The molecule has 2 aromatic rings. The molecule has 0 fully saturated rings. The molecule has 0 saturated heterocycles. The van der Waals surface area contributed by atoms with Crippen molar-refractivity contribution in [3.05, 3.63) is 57.9 Å². The number of phenols is 1. The Kier molecular flexibility index (Phi) is 4.81. The fraction of sp³-hybridized carbons (Fsp3) is 0.250. The Morgan fingerprint density at radius 3 is 2.86 bits per heavy atom. The third-order valence-corrected chi connectivity index (χ3v) is 3.23. The number of aromatic hydroxyl groups is 1. The first-order valence-electron chi connectivity index (χ1n) is 6.62. The van der Waals surface area contributed by atoms with Crippen LogP contribution >= 0.6 is 11.6 Å². The normalized spacial score (nSPS) is 10.4. The molecule has 0 bridgehead atoms. The van der Waals surface area contributed by atoms with Crippen LogP contribution in [0.2, 0.25) is 5.02 Å². The zero-order chi connectivity index (χ0) is 15.4. The minimum absolute atomic E-state index is 0.197. The van der Waals surface area contributed by atoms with E-state index >= 15 is 0 Å². The maximum absolute atomic E-state index is 11.7. The third kappa shape index (κ3) is 3.73. The molecule has 5 heteroatoms. The van der Waals surface area contributed by atoms with Gasteiger partial charge in [0.25, 0.3) is 0 Å². The van der Waals surface area contributed by atoms with Crippen molar-refractivity contribution in [1.29, 1.82) is 0 Å². The summed E-state index contributed by atoms with van der Waals surface area (Å²) in [5.41, 5.74) is 2.30. The lowest BCUT2D eigenvalue weighted by Gasteiger charge is -2.09. The predicted molar refractivity (Wildman–Crippen MR) is 80.9 cm³/mol. The first kappa shape index (κ1) is 15.3. The minimum Gasteiger partial charge on any atom is -0.507 e. The molecular formula is C16H16ClNO3. The van der Waals surface area contributed by atoms with E-state index in [1.807, 2.05) is 0 Å². The Morgan fingerprint density at radius 1 is 1.38 bits per heavy atom. The summed E-state index contributed by atoms with van der Waals surface area (Å²) < 4.78 is 4.92. The van der Waals surface area contributed by atoms with Gasteiger partial charge in [0.2, 0.25) is 0 Å². The van der Waals surface area contributed by atoms with Gasteiger partial charge in [0.05, 0.1) is 6.61 Å². The molecule has 2 rings (SSSR count). The van der Waals surface area contributed by atoms with Crippen LogP contribution < -0.4 is 0 Å². The second-order valence-corrected chi connectivity index (χ2v) is 5.08. The van der Waals surface area contributed by atoms with E-state index in [0.29, 0.717) is 34.9 Å². The van der Waals surface area contributed by atoms with Gasteiger partial charge in [-0.25, -0.2) is 9.78 Å². The number of benzene rings is 1. The van der Waals surface area contributed by atoms with Crippen LogP contribution in [-0.2, 0) is 11.2 Å². The number of hydrogen-bond acceptors (Lipinski definition) is 4. The summed E-state index contributed by atoms with van der Waals surface area (Å²) in [5, 5.41) is 10.6. The Hall–Kier alpha value is -2.07. The highest BCUT2D eigenvalue weighted by Gasteiger charge is 2.11. The van der Waals surface area contributed by atoms with Gasteiger partial charge in [-0.05, 0) is 43.7 Å². The van der Waals surface area contributed by atoms with Crippen LogP contribution in [-0.4, -0.2) is 22.7 Å². The van der Waals surface area contributed by atoms with Crippen molar-refractivity contribution < 1.29 is 14.6 Å². The van der Waals surface area contributed by atoms with Crippen LogP contribution in [0.1, 0.15) is 34.2 Å². The second kappa shape index (κ2) is 6.59. The van der Waals surface area contributed by atoms with Gasteiger partial charge in [-0.3, -0.25) is 0 Å². The minimum atomic E-state index is -0.453. The Balaban J connectivity index is 2.28. The molecule has 1 aromatic carbocycles. The van der Waals surface area contributed by atoms with Gasteiger partial charge < -0.3 is 9.84 Å². The SMILES string of the molecule is CCOC(=O)c1cccc(Cc2cc(Cl)cc(C)c2O)n1. The Morgan fingerprint density at radius 2 is 2.14 bits per heavy atom. The largest absolute Gasteiger partial charge is 0.507 e. The average Bonchev–Trinajstić information content (AvgIpc) is 2.45. The molecule has 1 heterocycles. The Bertz CT molecular complexity index is 671.